The van der Waals surface area contributed by atoms with Crippen molar-refractivity contribution in [2.24, 2.45) is 16.5 Å². The number of aromatic nitrogens is 1. The van der Waals surface area contributed by atoms with Gasteiger partial charge in [-0.25, -0.2) is 0 Å². The zero-order chi connectivity index (χ0) is 14.0. The maximum absolute atomic E-state index is 11.9. The average Bonchev–Trinajstić information content (AvgIpc) is 2.84. The second-order valence-electron chi connectivity index (χ2n) is 4.39. The molecule has 0 radical (unpaired) electrons. The summed E-state index contributed by atoms with van der Waals surface area (Å²) in [5.74, 6) is -0.642. The number of aliphatic imine (C=N–C) groups is 1. The van der Waals surface area contributed by atoms with Crippen LogP contribution in [0.25, 0.3) is 5.69 Å². The number of guanidine groups is 1. The third-order valence-electron chi connectivity index (χ3n) is 2.89. The highest BCUT2D eigenvalue weighted by Crippen LogP contribution is 2.20. The lowest BCUT2D eigenvalue weighted by Gasteiger charge is -2.11. The Bertz CT molecular complexity index is 638. The van der Waals surface area contributed by atoms with Gasteiger partial charge in [-0.2, -0.15) is 4.99 Å². The fraction of sp³-hybridized carbons (Fsp3) is 0.200. The van der Waals surface area contributed by atoms with Crippen molar-refractivity contribution in [1.82, 2.24) is 4.57 Å². The Hall–Kier alpha value is -2.56. The monoisotopic (exact) mass is 272 g/mol. The molecule has 1 amide bonds. The Balaban J connectivity index is 0.00000200. The van der Waals surface area contributed by atoms with Crippen LogP contribution in [0, 0.1) is 13.8 Å². The van der Waals surface area contributed by atoms with E-state index in [1.54, 1.807) is 6.07 Å². The Morgan fingerprint density at radius 1 is 1.10 bits per heavy atom. The normalized spacial score (nSPS) is 9.70. The van der Waals surface area contributed by atoms with Crippen molar-refractivity contribution in [3.05, 3.63) is 53.3 Å². The van der Waals surface area contributed by atoms with E-state index in [0.717, 1.165) is 16.8 Å². The smallest absolute Gasteiger partial charge is 0.280 e. The van der Waals surface area contributed by atoms with Crippen LogP contribution < -0.4 is 11.5 Å². The molecule has 0 saturated carbocycles. The standard InChI is InChI=1S/C14H16N4O.CH4/c1-9-8-12(18-5-3-4-6-18)10(2)7-11(9)13(19)17-14(15)16;/h3-8H,1-2H3,(H4,15,16,17,19);1H4. The number of aryl methyl sites for hydroxylation is 2. The van der Waals surface area contributed by atoms with E-state index in [1.807, 2.05) is 49.0 Å². The lowest BCUT2D eigenvalue weighted by atomic mass is 10.0. The molecule has 0 aliphatic rings. The van der Waals surface area contributed by atoms with Gasteiger partial charge >= 0.3 is 0 Å². The predicted octanol–water partition coefficient (Wildman–Crippen LogP) is 2.14. The van der Waals surface area contributed by atoms with Gasteiger partial charge in [-0.3, -0.25) is 4.79 Å². The number of carbonyl (C=O) groups excluding carboxylic acids is 1. The van der Waals surface area contributed by atoms with E-state index < -0.39 is 5.91 Å². The van der Waals surface area contributed by atoms with Gasteiger partial charge in [0.25, 0.3) is 5.91 Å². The summed E-state index contributed by atoms with van der Waals surface area (Å²) in [6, 6.07) is 7.66. The molecular formula is C15H20N4O. The SMILES string of the molecule is C.Cc1cc(-n2cccc2)c(C)cc1C(=O)N=C(N)N. The second-order valence-corrected chi connectivity index (χ2v) is 4.39. The van der Waals surface area contributed by atoms with Crippen LogP contribution in [0.1, 0.15) is 28.9 Å². The van der Waals surface area contributed by atoms with E-state index in [2.05, 4.69) is 4.99 Å². The minimum atomic E-state index is -0.417. The van der Waals surface area contributed by atoms with Gasteiger partial charge in [0.2, 0.25) is 0 Å². The molecule has 5 nitrogen and oxygen atoms in total. The van der Waals surface area contributed by atoms with Crippen molar-refractivity contribution in [3.63, 3.8) is 0 Å². The number of benzene rings is 1. The van der Waals surface area contributed by atoms with Crippen molar-refractivity contribution >= 4 is 11.9 Å². The first-order valence-corrected chi connectivity index (χ1v) is 5.87. The van der Waals surface area contributed by atoms with Crippen LogP contribution in [0.3, 0.4) is 0 Å². The molecule has 1 aromatic carbocycles. The molecule has 0 saturated heterocycles. The first kappa shape index (κ1) is 15.5. The van der Waals surface area contributed by atoms with Crippen LogP contribution in [-0.2, 0) is 0 Å². The molecule has 1 heterocycles. The number of hydrogen-bond donors (Lipinski definition) is 2. The largest absolute Gasteiger partial charge is 0.370 e. The number of rotatable bonds is 2. The molecule has 0 spiro atoms. The van der Waals surface area contributed by atoms with E-state index in [-0.39, 0.29) is 13.4 Å². The molecule has 1 aromatic heterocycles. The summed E-state index contributed by atoms with van der Waals surface area (Å²) in [5, 5.41) is 0. The van der Waals surface area contributed by atoms with Crippen LogP contribution in [0.5, 0.6) is 0 Å². The lowest BCUT2D eigenvalue weighted by Crippen LogP contribution is -2.24. The summed E-state index contributed by atoms with van der Waals surface area (Å²) in [5.41, 5.74) is 13.8. The third kappa shape index (κ3) is 3.06. The van der Waals surface area contributed by atoms with Gasteiger partial charge in [0, 0.05) is 23.6 Å². The summed E-state index contributed by atoms with van der Waals surface area (Å²) in [4.78, 5) is 15.4. The minimum absolute atomic E-state index is 0. The maximum atomic E-state index is 11.9. The van der Waals surface area contributed by atoms with E-state index in [1.165, 1.54) is 0 Å². The van der Waals surface area contributed by atoms with Gasteiger partial charge in [-0.15, -0.1) is 0 Å². The van der Waals surface area contributed by atoms with Gasteiger partial charge < -0.3 is 16.0 Å². The zero-order valence-corrected chi connectivity index (χ0v) is 10.9. The molecule has 0 atom stereocenters. The Kier molecular flexibility index (Phi) is 4.69. The van der Waals surface area contributed by atoms with Crippen molar-refractivity contribution in [3.8, 4) is 5.69 Å². The van der Waals surface area contributed by atoms with E-state index in [4.69, 9.17) is 11.5 Å². The van der Waals surface area contributed by atoms with Gasteiger partial charge in [0.1, 0.15) is 0 Å². The van der Waals surface area contributed by atoms with E-state index in [0.29, 0.717) is 5.56 Å². The fourth-order valence-electron chi connectivity index (χ4n) is 1.98. The number of hydrogen-bond acceptors (Lipinski definition) is 1. The number of nitrogens with two attached hydrogens (primary N) is 2. The Morgan fingerprint density at radius 2 is 1.70 bits per heavy atom. The van der Waals surface area contributed by atoms with Crippen LogP contribution in [0.15, 0.2) is 41.7 Å². The maximum Gasteiger partial charge on any atom is 0.280 e. The van der Waals surface area contributed by atoms with Crippen molar-refractivity contribution in [2.45, 2.75) is 21.3 Å². The number of amides is 1. The summed E-state index contributed by atoms with van der Waals surface area (Å²) < 4.78 is 2.00. The van der Waals surface area contributed by atoms with E-state index in [9.17, 15) is 4.79 Å². The van der Waals surface area contributed by atoms with Gasteiger partial charge in [0.15, 0.2) is 5.96 Å². The minimum Gasteiger partial charge on any atom is -0.370 e. The quantitative estimate of drug-likeness (QED) is 0.648. The lowest BCUT2D eigenvalue weighted by molar-refractivity contribution is 0.100. The molecule has 2 aromatic rings. The molecule has 5 heteroatoms. The summed E-state index contributed by atoms with van der Waals surface area (Å²) in [6.45, 7) is 3.81. The average molecular weight is 272 g/mol. The molecule has 0 fully saturated rings. The van der Waals surface area contributed by atoms with Gasteiger partial charge in [-0.05, 0) is 49.2 Å². The highest BCUT2D eigenvalue weighted by molar-refractivity contribution is 6.03. The molecule has 2 rings (SSSR count). The molecule has 0 aliphatic heterocycles. The van der Waals surface area contributed by atoms with Crippen LogP contribution in [-0.4, -0.2) is 16.4 Å². The van der Waals surface area contributed by atoms with Crippen molar-refractivity contribution in [1.29, 1.82) is 0 Å². The first-order chi connectivity index (χ1) is 8.99. The van der Waals surface area contributed by atoms with Crippen LogP contribution >= 0.6 is 0 Å². The summed E-state index contributed by atoms with van der Waals surface area (Å²) >= 11 is 0. The van der Waals surface area contributed by atoms with E-state index >= 15 is 0 Å². The molecular weight excluding hydrogens is 252 g/mol. The highest BCUT2D eigenvalue weighted by Gasteiger charge is 2.12. The van der Waals surface area contributed by atoms with Crippen molar-refractivity contribution < 1.29 is 4.79 Å². The van der Waals surface area contributed by atoms with Gasteiger partial charge in [0.05, 0.1) is 0 Å². The summed E-state index contributed by atoms with van der Waals surface area (Å²) in [6.07, 6.45) is 3.92. The van der Waals surface area contributed by atoms with Crippen molar-refractivity contribution in [2.75, 3.05) is 0 Å². The summed E-state index contributed by atoms with van der Waals surface area (Å²) in [7, 11) is 0. The molecule has 106 valence electrons. The zero-order valence-electron chi connectivity index (χ0n) is 10.9. The molecule has 0 bridgehead atoms. The fourth-order valence-corrected chi connectivity index (χ4v) is 1.98. The predicted molar refractivity (Wildman–Crippen MR) is 82.1 cm³/mol. The van der Waals surface area contributed by atoms with Crippen LogP contribution in [0.4, 0.5) is 0 Å². The highest BCUT2D eigenvalue weighted by atomic mass is 16.1. The van der Waals surface area contributed by atoms with Gasteiger partial charge in [-0.1, -0.05) is 7.43 Å². The first-order valence-electron chi connectivity index (χ1n) is 5.87. The molecule has 4 N–H and O–H groups in total. The second kappa shape index (κ2) is 6.06. The Morgan fingerprint density at radius 3 is 2.25 bits per heavy atom. The third-order valence-corrected chi connectivity index (χ3v) is 2.89. The Labute approximate surface area is 118 Å². The topological polar surface area (TPSA) is 86.4 Å². The number of nitrogens with zero attached hydrogens (tertiary/aromatic N) is 2. The number of carbonyl (C=O) groups is 1. The molecule has 20 heavy (non-hydrogen) atoms. The van der Waals surface area contributed by atoms with Crippen LogP contribution in [0.2, 0.25) is 0 Å². The molecule has 0 aliphatic carbocycles. The molecule has 0 unspecified atom stereocenters.